The van der Waals surface area contributed by atoms with Gasteiger partial charge in [-0.1, -0.05) is 35.9 Å². The first-order valence-corrected chi connectivity index (χ1v) is 10.7. The predicted octanol–water partition coefficient (Wildman–Crippen LogP) is 3.58. The van der Waals surface area contributed by atoms with E-state index < -0.39 is 10.0 Å². The van der Waals surface area contributed by atoms with Crippen molar-refractivity contribution in [2.24, 2.45) is 0 Å². The summed E-state index contributed by atoms with van der Waals surface area (Å²) in [6, 6.07) is 12.6. The summed E-state index contributed by atoms with van der Waals surface area (Å²) in [5.74, 6) is -0.265. The van der Waals surface area contributed by atoms with Gasteiger partial charge in [0, 0.05) is 18.7 Å². The number of hydrogen-bond acceptors (Lipinski definition) is 3. The highest BCUT2D eigenvalue weighted by molar-refractivity contribution is 7.89. The fraction of sp³-hybridized carbons (Fsp3) is 0.381. The number of benzene rings is 2. The minimum Gasteiger partial charge on any atom is -0.346 e. The molecule has 1 N–H and O–H groups in total. The van der Waals surface area contributed by atoms with Gasteiger partial charge in [-0.15, -0.1) is 0 Å². The van der Waals surface area contributed by atoms with Crippen molar-refractivity contribution < 1.29 is 13.2 Å². The Balaban J connectivity index is 1.83. The molecule has 27 heavy (non-hydrogen) atoms. The maximum absolute atomic E-state index is 12.8. The number of nitrogens with zero attached hydrogens (tertiary/aromatic N) is 1. The van der Waals surface area contributed by atoms with Crippen LogP contribution in [-0.2, 0) is 10.0 Å². The fourth-order valence-electron chi connectivity index (χ4n) is 3.30. The van der Waals surface area contributed by atoms with Crippen LogP contribution in [0.3, 0.4) is 0 Å². The van der Waals surface area contributed by atoms with Crippen LogP contribution in [0.1, 0.15) is 52.9 Å². The molecule has 1 saturated heterocycles. The third kappa shape index (κ3) is 4.22. The quantitative estimate of drug-likeness (QED) is 0.854. The first-order chi connectivity index (χ1) is 12.8. The molecule has 6 heteroatoms. The molecular weight excluding hydrogens is 360 g/mol. The van der Waals surface area contributed by atoms with Crippen molar-refractivity contribution in [3.63, 3.8) is 0 Å². The normalized spacial score (nSPS) is 16.3. The Kier molecular flexibility index (Phi) is 5.67. The summed E-state index contributed by atoms with van der Waals surface area (Å²) in [5, 5.41) is 2.97. The smallest absolute Gasteiger partial charge is 0.252 e. The number of amides is 1. The van der Waals surface area contributed by atoms with Crippen molar-refractivity contribution >= 4 is 15.9 Å². The highest BCUT2D eigenvalue weighted by Gasteiger charge is 2.28. The molecule has 0 bridgehead atoms. The minimum atomic E-state index is -3.54. The Labute approximate surface area is 161 Å². The minimum absolute atomic E-state index is 0.170. The van der Waals surface area contributed by atoms with Gasteiger partial charge in [0.05, 0.1) is 10.9 Å². The van der Waals surface area contributed by atoms with Gasteiger partial charge in [-0.05, 0) is 56.9 Å². The van der Waals surface area contributed by atoms with Gasteiger partial charge in [-0.3, -0.25) is 4.79 Å². The van der Waals surface area contributed by atoms with Gasteiger partial charge >= 0.3 is 0 Å². The van der Waals surface area contributed by atoms with Crippen molar-refractivity contribution in [3.05, 3.63) is 64.7 Å². The standard InChI is InChI=1S/C21H26N2O3S/c1-15-6-9-18(10-7-15)17(3)22-21(24)20-14-19(11-8-16(20)2)27(25,26)23-12-4-5-13-23/h6-11,14,17H,4-5,12-13H2,1-3H3,(H,22,24)/t17-/m1/s1. The maximum atomic E-state index is 12.8. The van der Waals surface area contributed by atoms with Crippen molar-refractivity contribution in [2.75, 3.05) is 13.1 Å². The van der Waals surface area contributed by atoms with E-state index >= 15 is 0 Å². The largest absolute Gasteiger partial charge is 0.346 e. The van der Waals surface area contributed by atoms with E-state index in [-0.39, 0.29) is 16.8 Å². The summed E-state index contributed by atoms with van der Waals surface area (Å²) in [6.07, 6.45) is 1.76. The highest BCUT2D eigenvalue weighted by atomic mass is 32.2. The molecule has 144 valence electrons. The molecule has 0 unspecified atom stereocenters. The second kappa shape index (κ2) is 7.82. The number of nitrogens with one attached hydrogen (secondary N) is 1. The van der Waals surface area contributed by atoms with Crippen LogP contribution in [-0.4, -0.2) is 31.7 Å². The molecular formula is C21H26N2O3S. The zero-order chi connectivity index (χ0) is 19.6. The number of sulfonamides is 1. The molecule has 0 saturated carbocycles. The summed E-state index contributed by atoms with van der Waals surface area (Å²) >= 11 is 0. The number of carbonyl (C=O) groups excluding carboxylic acids is 1. The zero-order valence-corrected chi connectivity index (χ0v) is 16.8. The van der Waals surface area contributed by atoms with Crippen LogP contribution in [0.25, 0.3) is 0 Å². The fourth-order valence-corrected chi connectivity index (χ4v) is 4.84. The Bertz CT molecular complexity index is 930. The molecule has 5 nitrogen and oxygen atoms in total. The first kappa shape index (κ1) is 19.6. The van der Waals surface area contributed by atoms with Crippen LogP contribution in [0.2, 0.25) is 0 Å². The first-order valence-electron chi connectivity index (χ1n) is 9.27. The number of aryl methyl sites for hydroxylation is 2. The van der Waals surface area contributed by atoms with Crippen LogP contribution >= 0.6 is 0 Å². The van der Waals surface area contributed by atoms with E-state index in [1.54, 1.807) is 12.1 Å². The maximum Gasteiger partial charge on any atom is 0.252 e. The van der Waals surface area contributed by atoms with E-state index in [0.717, 1.165) is 29.5 Å². The lowest BCUT2D eigenvalue weighted by molar-refractivity contribution is 0.0939. The van der Waals surface area contributed by atoms with Gasteiger partial charge in [0.2, 0.25) is 10.0 Å². The lowest BCUT2D eigenvalue weighted by Gasteiger charge is -2.18. The predicted molar refractivity (Wildman–Crippen MR) is 106 cm³/mol. The second-order valence-corrected chi connectivity index (χ2v) is 9.13. The molecule has 0 radical (unpaired) electrons. The highest BCUT2D eigenvalue weighted by Crippen LogP contribution is 2.23. The zero-order valence-electron chi connectivity index (χ0n) is 16.0. The lowest BCUT2D eigenvalue weighted by atomic mass is 10.0. The van der Waals surface area contributed by atoms with Gasteiger partial charge < -0.3 is 5.32 Å². The third-order valence-electron chi connectivity index (χ3n) is 5.08. The SMILES string of the molecule is Cc1ccc([C@@H](C)NC(=O)c2cc(S(=O)(=O)N3CCCC3)ccc2C)cc1. The molecule has 0 spiro atoms. The van der Waals surface area contributed by atoms with Gasteiger partial charge in [0.25, 0.3) is 5.91 Å². The van der Waals surface area contributed by atoms with Crippen LogP contribution in [0.4, 0.5) is 0 Å². The average molecular weight is 387 g/mol. The van der Waals surface area contributed by atoms with Gasteiger partial charge in [0.1, 0.15) is 0 Å². The summed E-state index contributed by atoms with van der Waals surface area (Å²) in [5.41, 5.74) is 3.32. The summed E-state index contributed by atoms with van der Waals surface area (Å²) in [6.45, 7) is 6.84. The number of hydrogen-bond donors (Lipinski definition) is 1. The second-order valence-electron chi connectivity index (χ2n) is 7.19. The van der Waals surface area contributed by atoms with Crippen molar-refractivity contribution in [1.29, 1.82) is 0 Å². The van der Waals surface area contributed by atoms with E-state index in [1.807, 2.05) is 45.0 Å². The molecule has 1 aliphatic heterocycles. The molecule has 2 aromatic carbocycles. The molecule has 3 rings (SSSR count). The number of carbonyl (C=O) groups is 1. The van der Waals surface area contributed by atoms with E-state index in [9.17, 15) is 13.2 Å². The molecule has 2 aromatic rings. The monoisotopic (exact) mass is 386 g/mol. The Morgan fingerprint density at radius 1 is 1.04 bits per heavy atom. The number of rotatable bonds is 5. The average Bonchev–Trinajstić information content (AvgIpc) is 3.18. The van der Waals surface area contributed by atoms with E-state index in [1.165, 1.54) is 10.4 Å². The molecule has 1 atom stereocenters. The van der Waals surface area contributed by atoms with Gasteiger partial charge in [-0.25, -0.2) is 8.42 Å². The van der Waals surface area contributed by atoms with Crippen molar-refractivity contribution in [3.8, 4) is 0 Å². The third-order valence-corrected chi connectivity index (χ3v) is 6.98. The Morgan fingerprint density at radius 2 is 1.67 bits per heavy atom. The van der Waals surface area contributed by atoms with Gasteiger partial charge in [-0.2, -0.15) is 4.31 Å². The molecule has 1 aliphatic rings. The van der Waals surface area contributed by atoms with E-state index in [0.29, 0.717) is 18.7 Å². The van der Waals surface area contributed by atoms with Crippen molar-refractivity contribution in [1.82, 2.24) is 9.62 Å². The summed E-state index contributed by atoms with van der Waals surface area (Å²) in [7, 11) is -3.54. The van der Waals surface area contributed by atoms with Crippen LogP contribution < -0.4 is 5.32 Å². The molecule has 0 aromatic heterocycles. The van der Waals surface area contributed by atoms with Crippen LogP contribution in [0.15, 0.2) is 47.4 Å². The van der Waals surface area contributed by atoms with Crippen LogP contribution in [0.5, 0.6) is 0 Å². The summed E-state index contributed by atoms with van der Waals surface area (Å²) < 4.78 is 27.1. The van der Waals surface area contributed by atoms with E-state index in [4.69, 9.17) is 0 Å². The summed E-state index contributed by atoms with van der Waals surface area (Å²) in [4.78, 5) is 13.0. The molecule has 1 fully saturated rings. The van der Waals surface area contributed by atoms with Crippen LogP contribution in [0, 0.1) is 13.8 Å². The Morgan fingerprint density at radius 3 is 2.30 bits per heavy atom. The lowest BCUT2D eigenvalue weighted by Crippen LogP contribution is -2.29. The molecule has 1 heterocycles. The molecule has 0 aliphatic carbocycles. The van der Waals surface area contributed by atoms with Crippen molar-refractivity contribution in [2.45, 2.75) is 44.6 Å². The Hall–Kier alpha value is -2.18. The topological polar surface area (TPSA) is 66.5 Å². The van der Waals surface area contributed by atoms with Gasteiger partial charge in [0.15, 0.2) is 0 Å². The molecule has 1 amide bonds. The van der Waals surface area contributed by atoms with E-state index in [2.05, 4.69) is 5.32 Å².